The Morgan fingerprint density at radius 1 is 1.15 bits per heavy atom. The SMILES string of the molecule is CCOCCOC(=O)CNC(=O)[C@H](CCC(=O)O)NCc1ccccc1. The second-order valence-electron chi connectivity index (χ2n) is 5.49. The first-order valence-corrected chi connectivity index (χ1v) is 8.53. The molecule has 0 aromatic heterocycles. The van der Waals surface area contributed by atoms with Crippen molar-refractivity contribution < 1.29 is 29.0 Å². The minimum Gasteiger partial charge on any atom is -0.481 e. The van der Waals surface area contributed by atoms with Crippen LogP contribution in [-0.2, 0) is 30.4 Å². The van der Waals surface area contributed by atoms with E-state index in [1.165, 1.54) is 0 Å². The number of rotatable bonds is 13. The van der Waals surface area contributed by atoms with E-state index in [0.29, 0.717) is 19.8 Å². The molecule has 0 aliphatic carbocycles. The fraction of sp³-hybridized carbons (Fsp3) is 0.500. The molecule has 144 valence electrons. The van der Waals surface area contributed by atoms with Crippen molar-refractivity contribution in [3.63, 3.8) is 0 Å². The van der Waals surface area contributed by atoms with Gasteiger partial charge in [0.1, 0.15) is 13.2 Å². The number of carbonyl (C=O) groups excluding carboxylic acids is 2. The van der Waals surface area contributed by atoms with Crippen LogP contribution in [0.1, 0.15) is 25.3 Å². The number of benzene rings is 1. The lowest BCUT2D eigenvalue weighted by Gasteiger charge is -2.17. The minimum absolute atomic E-state index is 0.118. The molecule has 8 nitrogen and oxygen atoms in total. The number of aliphatic carboxylic acids is 1. The predicted molar refractivity (Wildman–Crippen MR) is 94.4 cm³/mol. The van der Waals surface area contributed by atoms with Crippen LogP contribution < -0.4 is 10.6 Å². The molecule has 0 aliphatic rings. The van der Waals surface area contributed by atoms with E-state index < -0.39 is 23.9 Å². The highest BCUT2D eigenvalue weighted by atomic mass is 16.6. The molecular weight excluding hydrogens is 340 g/mol. The molecule has 0 aliphatic heterocycles. The summed E-state index contributed by atoms with van der Waals surface area (Å²) in [6.45, 7) is 2.93. The Balaban J connectivity index is 2.44. The van der Waals surface area contributed by atoms with Crippen molar-refractivity contribution in [2.45, 2.75) is 32.4 Å². The van der Waals surface area contributed by atoms with Gasteiger partial charge in [-0.2, -0.15) is 0 Å². The van der Waals surface area contributed by atoms with Crippen LogP contribution in [0.2, 0.25) is 0 Å². The summed E-state index contributed by atoms with van der Waals surface area (Å²) in [7, 11) is 0. The third-order valence-electron chi connectivity index (χ3n) is 3.46. The molecule has 1 atom stereocenters. The number of ether oxygens (including phenoxy) is 2. The molecule has 8 heteroatoms. The number of carboxylic acids is 1. The summed E-state index contributed by atoms with van der Waals surface area (Å²) in [4.78, 5) is 34.6. The molecule has 1 rings (SSSR count). The maximum Gasteiger partial charge on any atom is 0.325 e. The predicted octanol–water partition coefficient (Wildman–Crippen LogP) is 0.706. The fourth-order valence-electron chi connectivity index (χ4n) is 2.12. The van der Waals surface area contributed by atoms with E-state index in [1.807, 2.05) is 37.3 Å². The molecule has 0 saturated carbocycles. The largest absolute Gasteiger partial charge is 0.481 e. The van der Waals surface area contributed by atoms with E-state index in [9.17, 15) is 14.4 Å². The van der Waals surface area contributed by atoms with Crippen LogP contribution in [0.3, 0.4) is 0 Å². The van der Waals surface area contributed by atoms with Crippen LogP contribution in [0.15, 0.2) is 30.3 Å². The first-order chi connectivity index (χ1) is 12.5. The van der Waals surface area contributed by atoms with Crippen LogP contribution in [0.4, 0.5) is 0 Å². The Bertz CT molecular complexity index is 564. The summed E-state index contributed by atoms with van der Waals surface area (Å²) in [5, 5.41) is 14.3. The molecule has 0 spiro atoms. The molecule has 26 heavy (non-hydrogen) atoms. The first-order valence-electron chi connectivity index (χ1n) is 8.53. The number of carbonyl (C=O) groups is 3. The molecule has 0 fully saturated rings. The molecule has 0 bridgehead atoms. The van der Waals surface area contributed by atoms with Gasteiger partial charge < -0.3 is 25.2 Å². The van der Waals surface area contributed by atoms with Crippen LogP contribution in [-0.4, -0.2) is 55.4 Å². The van der Waals surface area contributed by atoms with Gasteiger partial charge in [-0.25, -0.2) is 0 Å². The third kappa shape index (κ3) is 9.75. The number of hydrogen-bond donors (Lipinski definition) is 3. The standard InChI is InChI=1S/C18H26N2O6/c1-2-25-10-11-26-17(23)13-20-18(24)15(8-9-16(21)22)19-12-14-6-4-3-5-7-14/h3-7,15,19H,2,8-13H2,1H3,(H,20,24)(H,21,22)/t15-/m0/s1. The second kappa shape index (κ2) is 12.8. The summed E-state index contributed by atoms with van der Waals surface area (Å²) in [5.74, 6) is -2.00. The summed E-state index contributed by atoms with van der Waals surface area (Å²) < 4.78 is 9.95. The van der Waals surface area contributed by atoms with Gasteiger partial charge in [-0.15, -0.1) is 0 Å². The van der Waals surface area contributed by atoms with Crippen molar-refractivity contribution >= 4 is 17.8 Å². The summed E-state index contributed by atoms with van der Waals surface area (Å²) >= 11 is 0. The van der Waals surface area contributed by atoms with E-state index in [2.05, 4.69) is 10.6 Å². The monoisotopic (exact) mass is 366 g/mol. The maximum atomic E-state index is 12.3. The highest BCUT2D eigenvalue weighted by Gasteiger charge is 2.20. The van der Waals surface area contributed by atoms with Crippen molar-refractivity contribution in [2.24, 2.45) is 0 Å². The van der Waals surface area contributed by atoms with Crippen LogP contribution in [0.25, 0.3) is 0 Å². The van der Waals surface area contributed by atoms with Crippen molar-refractivity contribution in [2.75, 3.05) is 26.4 Å². The molecule has 3 N–H and O–H groups in total. The van der Waals surface area contributed by atoms with E-state index in [0.717, 1.165) is 5.56 Å². The highest BCUT2D eigenvalue weighted by Crippen LogP contribution is 2.03. The molecule has 1 aromatic rings. The lowest BCUT2D eigenvalue weighted by molar-refractivity contribution is -0.145. The molecular formula is C18H26N2O6. The molecule has 0 heterocycles. The number of carboxylic acid groups (broad SMARTS) is 1. The van der Waals surface area contributed by atoms with Gasteiger partial charge in [0.2, 0.25) is 5.91 Å². The second-order valence-corrected chi connectivity index (χ2v) is 5.49. The van der Waals surface area contributed by atoms with Crippen LogP contribution in [0.5, 0.6) is 0 Å². The maximum absolute atomic E-state index is 12.3. The van der Waals surface area contributed by atoms with Crippen molar-refractivity contribution in [1.82, 2.24) is 10.6 Å². The number of nitrogens with one attached hydrogen (secondary N) is 2. The number of amides is 1. The van der Waals surface area contributed by atoms with Gasteiger partial charge in [-0.1, -0.05) is 30.3 Å². The fourth-order valence-corrected chi connectivity index (χ4v) is 2.12. The summed E-state index contributed by atoms with van der Waals surface area (Å²) in [6, 6.07) is 8.71. The van der Waals surface area contributed by atoms with Gasteiger partial charge in [0.25, 0.3) is 0 Å². The van der Waals surface area contributed by atoms with E-state index in [-0.39, 0.29) is 26.0 Å². The first kappa shape index (κ1) is 21.6. The zero-order valence-electron chi connectivity index (χ0n) is 14.9. The van der Waals surface area contributed by atoms with Gasteiger partial charge in [0.05, 0.1) is 12.6 Å². The van der Waals surface area contributed by atoms with Crippen LogP contribution in [0, 0.1) is 0 Å². The van der Waals surface area contributed by atoms with E-state index in [4.69, 9.17) is 14.6 Å². The third-order valence-corrected chi connectivity index (χ3v) is 3.46. The molecule has 0 unspecified atom stereocenters. The lowest BCUT2D eigenvalue weighted by Crippen LogP contribution is -2.46. The van der Waals surface area contributed by atoms with E-state index in [1.54, 1.807) is 0 Å². The van der Waals surface area contributed by atoms with E-state index >= 15 is 0 Å². The summed E-state index contributed by atoms with van der Waals surface area (Å²) in [6.07, 6.45) is -0.0356. The molecule has 0 saturated heterocycles. The topological polar surface area (TPSA) is 114 Å². The van der Waals surface area contributed by atoms with Gasteiger partial charge in [0, 0.05) is 19.6 Å². The zero-order valence-corrected chi connectivity index (χ0v) is 14.9. The number of esters is 1. The minimum atomic E-state index is -0.986. The average Bonchev–Trinajstić information content (AvgIpc) is 2.64. The average molecular weight is 366 g/mol. The number of hydrogen-bond acceptors (Lipinski definition) is 6. The molecule has 1 aromatic carbocycles. The Kier molecular flexibility index (Phi) is 10.7. The van der Waals surface area contributed by atoms with Crippen molar-refractivity contribution in [3.8, 4) is 0 Å². The Morgan fingerprint density at radius 3 is 2.54 bits per heavy atom. The quantitative estimate of drug-likeness (QED) is 0.348. The van der Waals surface area contributed by atoms with Gasteiger partial charge in [0.15, 0.2) is 0 Å². The summed E-state index contributed by atoms with van der Waals surface area (Å²) in [5.41, 5.74) is 0.968. The van der Waals surface area contributed by atoms with Crippen molar-refractivity contribution in [3.05, 3.63) is 35.9 Å². The normalized spacial score (nSPS) is 11.6. The molecule has 0 radical (unpaired) electrons. The van der Waals surface area contributed by atoms with Gasteiger partial charge >= 0.3 is 11.9 Å². The lowest BCUT2D eigenvalue weighted by atomic mass is 10.1. The zero-order chi connectivity index (χ0) is 19.2. The Morgan fingerprint density at radius 2 is 1.88 bits per heavy atom. The van der Waals surface area contributed by atoms with Crippen molar-refractivity contribution in [1.29, 1.82) is 0 Å². The highest BCUT2D eigenvalue weighted by molar-refractivity contribution is 5.86. The molecule has 1 amide bonds. The van der Waals surface area contributed by atoms with Gasteiger partial charge in [-0.3, -0.25) is 14.4 Å². The van der Waals surface area contributed by atoms with Crippen LogP contribution >= 0.6 is 0 Å². The smallest absolute Gasteiger partial charge is 0.325 e. The Labute approximate surface area is 152 Å². The Hall–Kier alpha value is -2.45. The van der Waals surface area contributed by atoms with Gasteiger partial charge in [-0.05, 0) is 18.9 Å².